The summed E-state index contributed by atoms with van der Waals surface area (Å²) in [6.07, 6.45) is -0.274. The lowest BCUT2D eigenvalue weighted by molar-refractivity contribution is -0.126. The Labute approximate surface area is 129 Å². The van der Waals surface area contributed by atoms with Gasteiger partial charge in [0.15, 0.2) is 0 Å². The van der Waals surface area contributed by atoms with Gasteiger partial charge >= 0.3 is 5.97 Å². The van der Waals surface area contributed by atoms with Gasteiger partial charge in [0, 0.05) is 19.3 Å². The minimum atomic E-state index is -0.432. The smallest absolute Gasteiger partial charge is 0.338 e. The summed E-state index contributed by atoms with van der Waals surface area (Å²) in [6, 6.07) is 6.25. The van der Waals surface area contributed by atoms with E-state index in [0.717, 1.165) is 0 Å². The maximum atomic E-state index is 11.7. The predicted molar refractivity (Wildman–Crippen MR) is 80.5 cm³/mol. The third-order valence-corrected chi connectivity index (χ3v) is 2.63. The average molecular weight is 308 g/mol. The highest BCUT2D eigenvalue weighted by Crippen LogP contribution is 2.11. The van der Waals surface area contributed by atoms with Crippen molar-refractivity contribution in [3.63, 3.8) is 0 Å². The molecule has 0 aliphatic rings. The molecular weight excluding hydrogens is 288 g/mol. The van der Waals surface area contributed by atoms with Crippen LogP contribution in [0.1, 0.15) is 23.7 Å². The molecule has 0 aromatic heterocycles. The van der Waals surface area contributed by atoms with Gasteiger partial charge < -0.3 is 20.1 Å². The number of esters is 1. The first-order valence-corrected chi connectivity index (χ1v) is 6.89. The summed E-state index contributed by atoms with van der Waals surface area (Å²) in [5, 5.41) is 5.13. The van der Waals surface area contributed by atoms with E-state index in [2.05, 4.69) is 10.6 Å². The maximum Gasteiger partial charge on any atom is 0.338 e. The highest BCUT2D eigenvalue weighted by atomic mass is 16.5. The molecule has 0 radical (unpaired) electrons. The lowest BCUT2D eigenvalue weighted by atomic mass is 10.2. The van der Waals surface area contributed by atoms with Crippen molar-refractivity contribution < 1.29 is 23.9 Å². The molecule has 0 atom stereocenters. The van der Waals surface area contributed by atoms with E-state index in [0.29, 0.717) is 31.0 Å². The first-order valence-electron chi connectivity index (χ1n) is 6.89. The van der Waals surface area contributed by atoms with Crippen LogP contribution >= 0.6 is 0 Å². The van der Waals surface area contributed by atoms with E-state index in [4.69, 9.17) is 9.47 Å². The fourth-order valence-corrected chi connectivity index (χ4v) is 1.61. The fraction of sp³-hybridized carbons (Fsp3) is 0.400. The minimum Gasteiger partial charge on any atom is -0.462 e. The molecule has 0 saturated heterocycles. The first kappa shape index (κ1) is 17.6. The quantitative estimate of drug-likeness (QED) is 0.424. The Morgan fingerprint density at radius 1 is 1.09 bits per heavy atom. The Morgan fingerprint density at radius 3 is 2.36 bits per heavy atom. The summed E-state index contributed by atoms with van der Waals surface area (Å²) >= 11 is 0. The molecule has 1 aromatic carbocycles. The molecule has 0 saturated carbocycles. The molecule has 0 aliphatic carbocycles. The van der Waals surface area contributed by atoms with Crippen LogP contribution in [-0.2, 0) is 19.1 Å². The van der Waals surface area contributed by atoms with Gasteiger partial charge in [-0.15, -0.1) is 0 Å². The summed E-state index contributed by atoms with van der Waals surface area (Å²) < 4.78 is 9.65. The standard InChI is InChI=1S/C15H20N2O5/c1-3-22-15(20)11-4-6-12(7-5-11)17-14(19)10-13(18)16-8-9-21-2/h4-7H,3,8-10H2,1-2H3,(H,16,18)(H,17,19). The number of nitrogens with one attached hydrogen (secondary N) is 2. The Morgan fingerprint density at radius 2 is 1.77 bits per heavy atom. The molecule has 0 aliphatic heterocycles. The molecule has 7 heteroatoms. The van der Waals surface area contributed by atoms with Crippen LogP contribution < -0.4 is 10.6 Å². The number of hydrogen-bond donors (Lipinski definition) is 2. The molecular formula is C15H20N2O5. The average Bonchev–Trinajstić information content (AvgIpc) is 2.48. The van der Waals surface area contributed by atoms with Crippen LogP contribution in [0.4, 0.5) is 5.69 Å². The van der Waals surface area contributed by atoms with E-state index in [1.807, 2.05) is 0 Å². The molecule has 7 nitrogen and oxygen atoms in total. The molecule has 0 fully saturated rings. The maximum absolute atomic E-state index is 11.7. The lowest BCUT2D eigenvalue weighted by Gasteiger charge is -2.07. The van der Waals surface area contributed by atoms with Crippen molar-refractivity contribution in [3.05, 3.63) is 29.8 Å². The second-order valence-corrected chi connectivity index (χ2v) is 4.37. The SMILES string of the molecule is CCOC(=O)c1ccc(NC(=O)CC(=O)NCCOC)cc1. The number of rotatable bonds is 8. The van der Waals surface area contributed by atoms with E-state index in [9.17, 15) is 14.4 Å². The number of hydrogen-bond acceptors (Lipinski definition) is 5. The highest BCUT2D eigenvalue weighted by molar-refractivity contribution is 6.03. The minimum absolute atomic E-state index is 0.274. The molecule has 0 unspecified atom stereocenters. The van der Waals surface area contributed by atoms with E-state index < -0.39 is 11.9 Å². The van der Waals surface area contributed by atoms with Crippen molar-refractivity contribution in [2.75, 3.05) is 32.2 Å². The Balaban J connectivity index is 2.44. The monoisotopic (exact) mass is 308 g/mol. The second-order valence-electron chi connectivity index (χ2n) is 4.37. The number of carbonyl (C=O) groups is 3. The van der Waals surface area contributed by atoms with E-state index in [-0.39, 0.29) is 12.3 Å². The van der Waals surface area contributed by atoms with Crippen molar-refractivity contribution in [1.82, 2.24) is 5.32 Å². The summed E-state index contributed by atoms with van der Waals surface area (Å²) in [6.45, 7) is 2.78. The third-order valence-electron chi connectivity index (χ3n) is 2.63. The second kappa shape index (κ2) is 9.51. The largest absolute Gasteiger partial charge is 0.462 e. The summed E-state index contributed by atoms with van der Waals surface area (Å²) in [7, 11) is 1.53. The molecule has 1 aromatic rings. The number of benzene rings is 1. The van der Waals surface area contributed by atoms with Crippen LogP contribution in [0.5, 0.6) is 0 Å². The van der Waals surface area contributed by atoms with Gasteiger partial charge in [-0.05, 0) is 31.2 Å². The van der Waals surface area contributed by atoms with Crippen molar-refractivity contribution in [2.45, 2.75) is 13.3 Å². The molecule has 0 bridgehead atoms. The van der Waals surface area contributed by atoms with Crippen molar-refractivity contribution in [2.24, 2.45) is 0 Å². The number of methoxy groups -OCH3 is 1. The van der Waals surface area contributed by atoms with Gasteiger partial charge in [-0.2, -0.15) is 0 Å². The summed E-state index contributed by atoms with van der Waals surface area (Å²) in [5.74, 6) is -1.23. The van der Waals surface area contributed by atoms with E-state index >= 15 is 0 Å². The number of carbonyl (C=O) groups excluding carboxylic acids is 3. The third kappa shape index (κ3) is 6.36. The van der Waals surface area contributed by atoms with Gasteiger partial charge in [-0.1, -0.05) is 0 Å². The van der Waals surface area contributed by atoms with Gasteiger partial charge in [0.25, 0.3) is 0 Å². The molecule has 22 heavy (non-hydrogen) atoms. The van der Waals surface area contributed by atoms with Gasteiger partial charge in [0.05, 0.1) is 18.8 Å². The van der Waals surface area contributed by atoms with E-state index in [1.54, 1.807) is 31.2 Å². The van der Waals surface area contributed by atoms with Gasteiger partial charge in [-0.25, -0.2) is 4.79 Å². The van der Waals surface area contributed by atoms with Crippen LogP contribution in [0.15, 0.2) is 24.3 Å². The number of ether oxygens (including phenoxy) is 2. The van der Waals surface area contributed by atoms with Gasteiger partial charge in [0.2, 0.25) is 11.8 Å². The van der Waals surface area contributed by atoms with Crippen LogP contribution in [0.25, 0.3) is 0 Å². The lowest BCUT2D eigenvalue weighted by Crippen LogP contribution is -2.30. The zero-order valence-electron chi connectivity index (χ0n) is 12.7. The Bertz CT molecular complexity index is 513. The van der Waals surface area contributed by atoms with Crippen LogP contribution in [0.2, 0.25) is 0 Å². The zero-order valence-corrected chi connectivity index (χ0v) is 12.7. The predicted octanol–water partition coefficient (Wildman–Crippen LogP) is 0.954. The molecule has 2 N–H and O–H groups in total. The molecule has 0 heterocycles. The van der Waals surface area contributed by atoms with Gasteiger partial charge in [-0.3, -0.25) is 9.59 Å². The first-order chi connectivity index (χ1) is 10.6. The van der Waals surface area contributed by atoms with Crippen molar-refractivity contribution in [3.8, 4) is 0 Å². The topological polar surface area (TPSA) is 93.7 Å². The van der Waals surface area contributed by atoms with Crippen LogP contribution in [0.3, 0.4) is 0 Å². The fourth-order valence-electron chi connectivity index (χ4n) is 1.61. The summed E-state index contributed by atoms with van der Waals surface area (Å²) in [4.78, 5) is 34.6. The van der Waals surface area contributed by atoms with Crippen molar-refractivity contribution >= 4 is 23.5 Å². The number of anilines is 1. The Hall–Kier alpha value is -2.41. The van der Waals surface area contributed by atoms with Crippen molar-refractivity contribution in [1.29, 1.82) is 0 Å². The summed E-state index contributed by atoms with van der Waals surface area (Å²) in [5.41, 5.74) is 0.903. The Kier molecular flexibility index (Phi) is 7.63. The zero-order chi connectivity index (χ0) is 16.4. The van der Waals surface area contributed by atoms with Crippen LogP contribution in [-0.4, -0.2) is 44.7 Å². The highest BCUT2D eigenvalue weighted by Gasteiger charge is 2.10. The molecule has 1 rings (SSSR count). The van der Waals surface area contributed by atoms with Gasteiger partial charge in [0.1, 0.15) is 6.42 Å². The van der Waals surface area contributed by atoms with E-state index in [1.165, 1.54) is 7.11 Å². The van der Waals surface area contributed by atoms with Crippen LogP contribution in [0, 0.1) is 0 Å². The molecule has 120 valence electrons. The normalized spacial score (nSPS) is 9.91. The number of amides is 2. The molecule has 2 amide bonds. The molecule has 0 spiro atoms.